The number of carbonyl (C=O) groups excluding carboxylic acids is 2. The molecule has 0 aromatic rings. The maximum absolute atomic E-state index is 11.7. The van der Waals surface area contributed by atoms with Crippen LogP contribution in [0.15, 0.2) is 12.3 Å². The molecule has 0 saturated carbocycles. The molecule has 3 N–H and O–H groups in total. The molecular formula is C22H44N4O2. The molecule has 0 rings (SSSR count). The van der Waals surface area contributed by atoms with Gasteiger partial charge in [0.25, 0.3) is 0 Å². The molecule has 0 saturated heterocycles. The van der Waals surface area contributed by atoms with Crippen LogP contribution in [0, 0.1) is 17.8 Å². The van der Waals surface area contributed by atoms with Crippen molar-refractivity contribution in [2.24, 2.45) is 17.8 Å². The van der Waals surface area contributed by atoms with Gasteiger partial charge in [0.2, 0.25) is 11.8 Å². The predicted octanol–water partition coefficient (Wildman–Crippen LogP) is 2.76. The predicted molar refractivity (Wildman–Crippen MR) is 118 cm³/mol. The summed E-state index contributed by atoms with van der Waals surface area (Å²) >= 11 is 0. The second-order valence-electron chi connectivity index (χ2n) is 8.40. The molecule has 164 valence electrons. The first-order valence-corrected chi connectivity index (χ1v) is 10.9. The third kappa shape index (κ3) is 13.6. The fourth-order valence-electron chi connectivity index (χ4n) is 2.53. The van der Waals surface area contributed by atoms with Crippen molar-refractivity contribution >= 4 is 11.8 Å². The van der Waals surface area contributed by atoms with E-state index in [9.17, 15) is 9.59 Å². The highest BCUT2D eigenvalue weighted by Gasteiger charge is 2.09. The van der Waals surface area contributed by atoms with E-state index in [2.05, 4.69) is 41.3 Å². The van der Waals surface area contributed by atoms with Crippen molar-refractivity contribution in [2.45, 2.75) is 60.8 Å². The molecule has 0 fully saturated rings. The molecule has 0 aliphatic rings. The van der Waals surface area contributed by atoms with E-state index in [1.165, 1.54) is 0 Å². The number of hydrogen-bond donors (Lipinski definition) is 3. The summed E-state index contributed by atoms with van der Waals surface area (Å²) in [6, 6.07) is 0. The summed E-state index contributed by atoms with van der Waals surface area (Å²) in [6.45, 7) is 21.2. The lowest BCUT2D eigenvalue weighted by Gasteiger charge is -2.23. The fraction of sp³-hybridized carbons (Fsp3) is 0.818. The Balaban J connectivity index is 4.23. The number of nitrogens with zero attached hydrogens (tertiary/aromatic N) is 1. The number of amides is 2. The van der Waals surface area contributed by atoms with Crippen molar-refractivity contribution in [3.63, 3.8) is 0 Å². The van der Waals surface area contributed by atoms with Gasteiger partial charge in [0.15, 0.2) is 0 Å². The smallest absolute Gasteiger partial charge is 0.222 e. The summed E-state index contributed by atoms with van der Waals surface area (Å²) in [7, 11) is 0. The average molecular weight is 397 g/mol. The Morgan fingerprint density at radius 2 is 1.04 bits per heavy atom. The summed E-state index contributed by atoms with van der Waals surface area (Å²) in [5, 5.41) is 9.35. The van der Waals surface area contributed by atoms with E-state index in [1.54, 1.807) is 0 Å². The average Bonchev–Trinajstić information content (AvgIpc) is 2.63. The van der Waals surface area contributed by atoms with Gasteiger partial charge in [-0.05, 0) is 44.8 Å². The molecular weight excluding hydrogens is 352 g/mol. The Bertz CT molecular complexity index is 395. The largest absolute Gasteiger partial charge is 0.389 e. The summed E-state index contributed by atoms with van der Waals surface area (Å²) in [4.78, 5) is 25.8. The van der Waals surface area contributed by atoms with Crippen LogP contribution in [0.25, 0.3) is 0 Å². The SMILES string of the molecule is C=C(NCCCN(CCCNC(=O)C(C)C)CCCNC(=O)C(C)C)C(C)C. The van der Waals surface area contributed by atoms with Gasteiger partial charge in [-0.1, -0.05) is 48.1 Å². The van der Waals surface area contributed by atoms with Crippen LogP contribution in [0.4, 0.5) is 0 Å². The van der Waals surface area contributed by atoms with Crippen molar-refractivity contribution in [1.29, 1.82) is 0 Å². The molecule has 0 aromatic heterocycles. The second kappa shape index (κ2) is 15.4. The van der Waals surface area contributed by atoms with E-state index in [1.807, 2.05) is 27.7 Å². The number of carbonyl (C=O) groups is 2. The highest BCUT2D eigenvalue weighted by atomic mass is 16.2. The van der Waals surface area contributed by atoms with Gasteiger partial charge in [-0.15, -0.1) is 0 Å². The summed E-state index contributed by atoms with van der Waals surface area (Å²) in [6.07, 6.45) is 2.91. The summed E-state index contributed by atoms with van der Waals surface area (Å²) in [5.74, 6) is 0.727. The molecule has 0 unspecified atom stereocenters. The van der Waals surface area contributed by atoms with E-state index < -0.39 is 0 Å². The molecule has 0 aliphatic carbocycles. The van der Waals surface area contributed by atoms with Gasteiger partial charge < -0.3 is 20.9 Å². The molecule has 0 atom stereocenters. The van der Waals surface area contributed by atoms with Crippen LogP contribution in [-0.2, 0) is 9.59 Å². The maximum atomic E-state index is 11.7. The lowest BCUT2D eigenvalue weighted by atomic mass is 10.1. The molecule has 0 heterocycles. The van der Waals surface area contributed by atoms with Crippen molar-refractivity contribution in [1.82, 2.24) is 20.9 Å². The minimum absolute atomic E-state index is 0.0285. The van der Waals surface area contributed by atoms with E-state index in [0.717, 1.165) is 51.1 Å². The topological polar surface area (TPSA) is 73.5 Å². The lowest BCUT2D eigenvalue weighted by Crippen LogP contribution is -2.35. The van der Waals surface area contributed by atoms with Crippen LogP contribution < -0.4 is 16.0 Å². The molecule has 0 aliphatic heterocycles. The minimum Gasteiger partial charge on any atom is -0.389 e. The van der Waals surface area contributed by atoms with E-state index >= 15 is 0 Å². The Hall–Kier alpha value is -1.56. The molecule has 0 spiro atoms. The van der Waals surface area contributed by atoms with Crippen LogP contribution in [0.3, 0.4) is 0 Å². The quantitative estimate of drug-likeness (QED) is 0.351. The molecule has 0 aromatic carbocycles. The Kier molecular flexibility index (Phi) is 14.5. The number of nitrogens with one attached hydrogen (secondary N) is 3. The molecule has 6 heteroatoms. The Labute approximate surface area is 172 Å². The Morgan fingerprint density at radius 1 is 0.679 bits per heavy atom. The van der Waals surface area contributed by atoms with Gasteiger partial charge in [0, 0.05) is 37.2 Å². The first-order valence-electron chi connectivity index (χ1n) is 10.9. The zero-order chi connectivity index (χ0) is 21.5. The van der Waals surface area contributed by atoms with Crippen LogP contribution >= 0.6 is 0 Å². The van der Waals surface area contributed by atoms with Crippen LogP contribution in [-0.4, -0.2) is 56.0 Å². The normalized spacial score (nSPS) is 11.4. The molecule has 6 nitrogen and oxygen atoms in total. The number of allylic oxidation sites excluding steroid dienone is 1. The fourth-order valence-corrected chi connectivity index (χ4v) is 2.53. The van der Waals surface area contributed by atoms with E-state index in [0.29, 0.717) is 19.0 Å². The highest BCUT2D eigenvalue weighted by molar-refractivity contribution is 5.78. The minimum atomic E-state index is 0.0285. The summed E-state index contributed by atoms with van der Waals surface area (Å²) in [5.41, 5.74) is 1.08. The Morgan fingerprint density at radius 3 is 1.36 bits per heavy atom. The third-order valence-electron chi connectivity index (χ3n) is 4.65. The lowest BCUT2D eigenvalue weighted by molar-refractivity contribution is -0.124. The maximum Gasteiger partial charge on any atom is 0.222 e. The number of rotatable bonds is 16. The first-order chi connectivity index (χ1) is 13.1. The van der Waals surface area contributed by atoms with Gasteiger partial charge in [0.1, 0.15) is 0 Å². The molecule has 0 bridgehead atoms. The molecule has 0 radical (unpaired) electrons. The van der Waals surface area contributed by atoms with E-state index in [4.69, 9.17) is 0 Å². The van der Waals surface area contributed by atoms with E-state index in [-0.39, 0.29) is 23.7 Å². The molecule has 28 heavy (non-hydrogen) atoms. The van der Waals surface area contributed by atoms with Crippen LogP contribution in [0.1, 0.15) is 60.8 Å². The van der Waals surface area contributed by atoms with Gasteiger partial charge >= 0.3 is 0 Å². The van der Waals surface area contributed by atoms with Crippen molar-refractivity contribution < 1.29 is 9.59 Å². The van der Waals surface area contributed by atoms with Crippen LogP contribution in [0.2, 0.25) is 0 Å². The third-order valence-corrected chi connectivity index (χ3v) is 4.65. The van der Waals surface area contributed by atoms with Gasteiger partial charge in [-0.3, -0.25) is 9.59 Å². The van der Waals surface area contributed by atoms with Crippen molar-refractivity contribution in [3.8, 4) is 0 Å². The highest BCUT2D eigenvalue weighted by Crippen LogP contribution is 2.03. The van der Waals surface area contributed by atoms with Crippen molar-refractivity contribution in [3.05, 3.63) is 12.3 Å². The monoisotopic (exact) mass is 396 g/mol. The first kappa shape index (κ1) is 26.4. The second-order valence-corrected chi connectivity index (χ2v) is 8.40. The molecule has 2 amide bonds. The standard InChI is InChI=1S/C22H44N4O2/c1-17(2)20(7)23-11-8-14-26(15-9-12-24-21(27)18(3)4)16-10-13-25-22(28)19(5)6/h17-19,23H,7-16H2,1-6H3,(H,24,27)(H,25,28). The zero-order valence-electron chi connectivity index (χ0n) is 19.1. The van der Waals surface area contributed by atoms with Gasteiger partial charge in [-0.2, -0.15) is 0 Å². The number of hydrogen-bond acceptors (Lipinski definition) is 4. The van der Waals surface area contributed by atoms with Gasteiger partial charge in [-0.25, -0.2) is 0 Å². The van der Waals surface area contributed by atoms with Crippen LogP contribution in [0.5, 0.6) is 0 Å². The van der Waals surface area contributed by atoms with Gasteiger partial charge in [0.05, 0.1) is 0 Å². The zero-order valence-corrected chi connectivity index (χ0v) is 19.1. The van der Waals surface area contributed by atoms with Crippen molar-refractivity contribution in [2.75, 3.05) is 39.3 Å². The summed E-state index contributed by atoms with van der Waals surface area (Å²) < 4.78 is 0.